The van der Waals surface area contributed by atoms with Crippen LogP contribution in [0.15, 0.2) is 28.5 Å². The van der Waals surface area contributed by atoms with E-state index in [1.807, 2.05) is 0 Å². The molecule has 25 heavy (non-hydrogen) atoms. The zero-order valence-electron chi connectivity index (χ0n) is 13.0. The van der Waals surface area contributed by atoms with E-state index in [0.717, 1.165) is 16.3 Å². The molecule has 0 atom stereocenters. The zero-order chi connectivity index (χ0) is 18.6. The Balaban J connectivity index is 1.96. The second kappa shape index (κ2) is 7.87. The summed E-state index contributed by atoms with van der Waals surface area (Å²) >= 11 is 2.44. The van der Waals surface area contributed by atoms with Crippen LogP contribution in [-0.2, 0) is 22.2 Å². The molecule has 3 N–H and O–H groups in total. The largest absolute Gasteiger partial charge is 0.416 e. The van der Waals surface area contributed by atoms with Crippen LogP contribution in [0, 0.1) is 6.92 Å². The molecule has 2 aromatic rings. The highest BCUT2D eigenvalue weighted by atomic mass is 32.2. The second-order valence-electron chi connectivity index (χ2n) is 5.07. The number of aromatic nitrogens is 1. The van der Waals surface area contributed by atoms with Gasteiger partial charge in [0.15, 0.2) is 5.13 Å². The van der Waals surface area contributed by atoms with Crippen LogP contribution in [0.1, 0.15) is 16.8 Å². The summed E-state index contributed by atoms with van der Waals surface area (Å²) in [7, 11) is 0. The van der Waals surface area contributed by atoms with Crippen LogP contribution in [-0.4, -0.2) is 22.6 Å². The lowest BCUT2D eigenvalue weighted by Gasteiger charge is -2.07. The number of halogens is 3. The van der Waals surface area contributed by atoms with Crippen molar-refractivity contribution in [3.8, 4) is 0 Å². The van der Waals surface area contributed by atoms with Crippen molar-refractivity contribution in [2.24, 2.45) is 5.73 Å². The summed E-state index contributed by atoms with van der Waals surface area (Å²) in [4.78, 5) is 27.0. The molecule has 5 nitrogen and oxygen atoms in total. The second-order valence-corrected chi connectivity index (χ2v) is 7.31. The fraction of sp³-hybridized carbons (Fsp3) is 0.267. The van der Waals surface area contributed by atoms with Gasteiger partial charge in [-0.15, -0.1) is 11.8 Å². The number of nitrogens with one attached hydrogen (secondary N) is 1. The third-order valence-corrected chi connectivity index (χ3v) is 5.45. The Kier molecular flexibility index (Phi) is 6.07. The summed E-state index contributed by atoms with van der Waals surface area (Å²) in [5.41, 5.74) is 5.45. The van der Waals surface area contributed by atoms with Gasteiger partial charge in [0, 0.05) is 0 Å². The number of nitrogens with two attached hydrogens (primary N) is 1. The van der Waals surface area contributed by atoms with Crippen LogP contribution in [0.2, 0.25) is 0 Å². The van der Waals surface area contributed by atoms with Gasteiger partial charge in [-0.1, -0.05) is 23.5 Å². The first-order valence-electron chi connectivity index (χ1n) is 6.99. The Morgan fingerprint density at radius 2 is 1.92 bits per heavy atom. The van der Waals surface area contributed by atoms with Gasteiger partial charge in [-0.3, -0.25) is 9.59 Å². The molecule has 0 aliphatic rings. The molecular weight excluding hydrogens is 375 g/mol. The van der Waals surface area contributed by atoms with Crippen molar-refractivity contribution in [3.63, 3.8) is 0 Å². The molecule has 1 aromatic heterocycles. The molecule has 0 saturated heterocycles. The number of hydrogen-bond acceptors (Lipinski definition) is 5. The summed E-state index contributed by atoms with van der Waals surface area (Å²) in [6, 6.07) is 4.41. The third-order valence-electron chi connectivity index (χ3n) is 2.99. The number of carbonyl (C=O) groups excluding carboxylic acids is 2. The van der Waals surface area contributed by atoms with Gasteiger partial charge in [-0.05, 0) is 24.6 Å². The highest BCUT2D eigenvalue weighted by molar-refractivity contribution is 8.01. The summed E-state index contributed by atoms with van der Waals surface area (Å²) in [5.74, 6) is -0.729. The Bertz CT molecular complexity index is 773. The predicted octanol–water partition coefficient (Wildman–Crippen LogP) is 3.23. The maximum Gasteiger partial charge on any atom is 0.416 e. The number of thioether (sulfide) groups is 1. The number of amides is 2. The van der Waals surface area contributed by atoms with Crippen LogP contribution in [0.25, 0.3) is 0 Å². The van der Waals surface area contributed by atoms with E-state index in [-0.39, 0.29) is 18.1 Å². The smallest absolute Gasteiger partial charge is 0.369 e. The van der Waals surface area contributed by atoms with Crippen molar-refractivity contribution in [3.05, 3.63) is 41.1 Å². The number of carbonyl (C=O) groups is 2. The predicted molar refractivity (Wildman–Crippen MR) is 90.5 cm³/mol. The summed E-state index contributed by atoms with van der Waals surface area (Å²) in [6.07, 6.45) is -4.47. The number of nitrogens with zero attached hydrogens (tertiary/aromatic N) is 1. The molecular formula is C15H14F3N3O2S2. The van der Waals surface area contributed by atoms with E-state index in [1.54, 1.807) is 6.92 Å². The quantitative estimate of drug-likeness (QED) is 0.743. The minimum atomic E-state index is -4.40. The van der Waals surface area contributed by atoms with Crippen LogP contribution in [0.3, 0.4) is 0 Å². The van der Waals surface area contributed by atoms with Gasteiger partial charge in [0.1, 0.15) is 0 Å². The van der Waals surface area contributed by atoms with Gasteiger partial charge >= 0.3 is 6.18 Å². The van der Waals surface area contributed by atoms with Crippen LogP contribution in [0.5, 0.6) is 0 Å². The lowest BCUT2D eigenvalue weighted by molar-refractivity contribution is -0.137. The molecule has 0 bridgehead atoms. The number of hydrogen-bond donors (Lipinski definition) is 2. The Morgan fingerprint density at radius 1 is 1.28 bits per heavy atom. The van der Waals surface area contributed by atoms with Gasteiger partial charge in [-0.25, -0.2) is 4.98 Å². The van der Waals surface area contributed by atoms with E-state index >= 15 is 0 Å². The number of anilines is 1. The van der Waals surface area contributed by atoms with E-state index in [2.05, 4.69) is 10.3 Å². The third kappa shape index (κ3) is 5.75. The number of aryl methyl sites for hydroxylation is 1. The van der Waals surface area contributed by atoms with Crippen LogP contribution < -0.4 is 11.1 Å². The zero-order valence-corrected chi connectivity index (χ0v) is 14.6. The van der Waals surface area contributed by atoms with Crippen LogP contribution >= 0.6 is 23.1 Å². The maximum atomic E-state index is 12.5. The summed E-state index contributed by atoms with van der Waals surface area (Å²) < 4.78 is 38.3. The fourth-order valence-electron chi connectivity index (χ4n) is 1.87. The average molecular weight is 389 g/mol. The number of rotatable bonds is 6. The highest BCUT2D eigenvalue weighted by Crippen LogP contribution is 2.32. The molecule has 134 valence electrons. The minimum absolute atomic E-state index is 0.0689. The average Bonchev–Trinajstić information content (AvgIpc) is 2.84. The molecule has 0 saturated carbocycles. The van der Waals surface area contributed by atoms with Crippen LogP contribution in [0.4, 0.5) is 18.3 Å². The standard InChI is InChI=1S/C15H14F3N3O2S2/c1-8-13(24-7-11(19)22)25-14(20-8)21-12(23)6-9-2-4-10(5-3-9)15(16,17)18/h2-5H,6-7H2,1H3,(H2,19,22)(H,20,21,23). The van der Waals surface area contributed by atoms with E-state index in [0.29, 0.717) is 16.4 Å². The van der Waals surface area contributed by atoms with E-state index in [1.165, 1.54) is 35.2 Å². The maximum absolute atomic E-state index is 12.5. The number of thiazole rings is 1. The molecule has 2 amide bonds. The van der Waals surface area contributed by atoms with Gasteiger partial charge in [0.2, 0.25) is 11.8 Å². The molecule has 0 fully saturated rings. The first-order chi connectivity index (χ1) is 11.6. The lowest BCUT2D eigenvalue weighted by Crippen LogP contribution is -2.14. The normalized spacial score (nSPS) is 11.4. The minimum Gasteiger partial charge on any atom is -0.369 e. The monoisotopic (exact) mass is 389 g/mol. The topological polar surface area (TPSA) is 85.1 Å². The molecule has 0 aliphatic carbocycles. The first kappa shape index (κ1) is 19.3. The van der Waals surface area contributed by atoms with Crippen molar-refractivity contribution in [2.75, 3.05) is 11.1 Å². The molecule has 0 spiro atoms. The molecule has 2 rings (SSSR count). The van der Waals surface area contributed by atoms with E-state index in [4.69, 9.17) is 5.73 Å². The van der Waals surface area contributed by atoms with Crippen molar-refractivity contribution < 1.29 is 22.8 Å². The number of alkyl halides is 3. The Labute approximate surface area is 149 Å². The Hall–Kier alpha value is -2.07. The van der Waals surface area contributed by atoms with Crippen molar-refractivity contribution in [2.45, 2.75) is 23.7 Å². The van der Waals surface area contributed by atoms with E-state index < -0.39 is 17.6 Å². The van der Waals surface area contributed by atoms with E-state index in [9.17, 15) is 22.8 Å². The highest BCUT2D eigenvalue weighted by Gasteiger charge is 2.30. The molecule has 0 aliphatic heterocycles. The van der Waals surface area contributed by atoms with Crippen molar-refractivity contribution in [1.29, 1.82) is 0 Å². The van der Waals surface area contributed by atoms with Gasteiger partial charge in [-0.2, -0.15) is 13.2 Å². The fourth-order valence-corrected chi connectivity index (χ4v) is 3.76. The number of primary amides is 1. The SMILES string of the molecule is Cc1nc(NC(=O)Cc2ccc(C(F)(F)F)cc2)sc1SCC(N)=O. The van der Waals surface area contributed by atoms with Gasteiger partial charge in [0.05, 0.1) is 27.6 Å². The number of benzene rings is 1. The summed E-state index contributed by atoms with van der Waals surface area (Å²) in [6.45, 7) is 1.74. The Morgan fingerprint density at radius 3 is 2.48 bits per heavy atom. The van der Waals surface area contributed by atoms with Gasteiger partial charge < -0.3 is 11.1 Å². The summed E-state index contributed by atoms with van der Waals surface area (Å²) in [5, 5.41) is 2.96. The molecule has 1 aromatic carbocycles. The molecule has 10 heteroatoms. The lowest BCUT2D eigenvalue weighted by atomic mass is 10.1. The molecule has 1 heterocycles. The molecule has 0 radical (unpaired) electrons. The first-order valence-corrected chi connectivity index (χ1v) is 8.80. The van der Waals surface area contributed by atoms with Crippen molar-refractivity contribution in [1.82, 2.24) is 4.98 Å². The molecule has 0 unspecified atom stereocenters. The van der Waals surface area contributed by atoms with Gasteiger partial charge in [0.25, 0.3) is 0 Å². The van der Waals surface area contributed by atoms with Crippen molar-refractivity contribution >= 4 is 40.0 Å².